The van der Waals surface area contributed by atoms with Crippen molar-refractivity contribution in [1.82, 2.24) is 4.98 Å². The van der Waals surface area contributed by atoms with Gasteiger partial charge in [0.1, 0.15) is 5.78 Å². The molecule has 0 fully saturated rings. The van der Waals surface area contributed by atoms with Crippen molar-refractivity contribution < 1.29 is 9.90 Å². The number of hydrogen-bond acceptors (Lipinski definition) is 4. The van der Waals surface area contributed by atoms with Gasteiger partial charge in [-0.15, -0.1) is 11.3 Å². The van der Waals surface area contributed by atoms with E-state index < -0.39 is 6.10 Å². The normalized spacial score (nSPS) is 15.1. The molecule has 2 atom stereocenters. The molecule has 0 radical (unpaired) electrons. The molecular formula is C19H29NO2S. The van der Waals surface area contributed by atoms with Gasteiger partial charge in [-0.2, -0.15) is 0 Å². The van der Waals surface area contributed by atoms with E-state index in [1.165, 1.54) is 0 Å². The first-order valence-corrected chi connectivity index (χ1v) is 9.19. The van der Waals surface area contributed by atoms with Crippen molar-refractivity contribution in [1.29, 1.82) is 0 Å². The number of carbonyl (C=O) groups is 1. The van der Waals surface area contributed by atoms with E-state index in [0.717, 1.165) is 35.5 Å². The largest absolute Gasteiger partial charge is 0.388 e. The number of aliphatic hydroxyl groups excluding tert-OH is 1. The van der Waals surface area contributed by atoms with E-state index in [4.69, 9.17) is 0 Å². The maximum absolute atomic E-state index is 11.0. The minimum atomic E-state index is -0.454. The highest BCUT2D eigenvalue weighted by Crippen LogP contribution is 2.16. The van der Waals surface area contributed by atoms with E-state index in [1.54, 1.807) is 18.3 Å². The number of unbranched alkanes of at least 4 members (excludes halogenated alkanes) is 1. The molecule has 1 aromatic heterocycles. The molecule has 1 rings (SSSR count). The predicted octanol–water partition coefficient (Wildman–Crippen LogP) is 4.95. The zero-order chi connectivity index (χ0) is 17.2. The topological polar surface area (TPSA) is 50.2 Å². The maximum atomic E-state index is 11.0. The van der Waals surface area contributed by atoms with Crippen LogP contribution in [-0.4, -0.2) is 22.0 Å². The number of Topliss-reactive ketones (excluding diaryl/α,β-unsaturated/α-hetero) is 1. The Kier molecular flexibility index (Phi) is 9.03. The molecule has 0 spiro atoms. The summed E-state index contributed by atoms with van der Waals surface area (Å²) in [5.74, 6) is 0.743. The van der Waals surface area contributed by atoms with Crippen LogP contribution in [0.2, 0.25) is 0 Å². The number of aromatic nitrogens is 1. The Morgan fingerprint density at radius 3 is 2.74 bits per heavy atom. The second-order valence-corrected chi connectivity index (χ2v) is 7.41. The lowest BCUT2D eigenvalue weighted by Gasteiger charge is -2.08. The third-order valence-corrected chi connectivity index (χ3v) is 4.56. The molecule has 2 unspecified atom stereocenters. The molecule has 0 bridgehead atoms. The third-order valence-electron chi connectivity index (χ3n) is 3.77. The second kappa shape index (κ2) is 10.5. The van der Waals surface area contributed by atoms with Gasteiger partial charge in [-0.3, -0.25) is 0 Å². The molecule has 1 aromatic rings. The molecule has 23 heavy (non-hydrogen) atoms. The van der Waals surface area contributed by atoms with Crippen LogP contribution in [0, 0.1) is 12.8 Å². The van der Waals surface area contributed by atoms with Crippen LogP contribution in [0.1, 0.15) is 63.6 Å². The van der Waals surface area contributed by atoms with Crippen molar-refractivity contribution in [2.75, 3.05) is 0 Å². The molecule has 0 saturated carbocycles. The SMILES string of the molecule is CC(=O)CC(C)CCCC=CCC(O)C(C)=Cc1csc(C)n1. The van der Waals surface area contributed by atoms with E-state index in [0.29, 0.717) is 18.8 Å². The first-order valence-electron chi connectivity index (χ1n) is 8.31. The zero-order valence-corrected chi connectivity index (χ0v) is 15.5. The summed E-state index contributed by atoms with van der Waals surface area (Å²) in [6.07, 6.45) is 10.2. The fourth-order valence-corrected chi connectivity index (χ4v) is 3.05. The van der Waals surface area contributed by atoms with Crippen LogP contribution < -0.4 is 0 Å². The van der Waals surface area contributed by atoms with Gasteiger partial charge >= 0.3 is 0 Å². The fourth-order valence-electron chi connectivity index (χ4n) is 2.48. The van der Waals surface area contributed by atoms with Gasteiger partial charge in [0.15, 0.2) is 0 Å². The lowest BCUT2D eigenvalue weighted by molar-refractivity contribution is -0.117. The molecule has 0 saturated heterocycles. The summed E-state index contributed by atoms with van der Waals surface area (Å²) >= 11 is 1.62. The van der Waals surface area contributed by atoms with Crippen molar-refractivity contribution in [2.45, 2.75) is 65.9 Å². The summed E-state index contributed by atoms with van der Waals surface area (Å²) in [5.41, 5.74) is 1.86. The summed E-state index contributed by atoms with van der Waals surface area (Å²) in [6.45, 7) is 7.70. The van der Waals surface area contributed by atoms with Crippen LogP contribution in [0.25, 0.3) is 6.08 Å². The molecule has 0 aliphatic carbocycles. The Morgan fingerprint density at radius 1 is 1.39 bits per heavy atom. The Labute approximate surface area is 144 Å². The lowest BCUT2D eigenvalue weighted by Crippen LogP contribution is -2.06. The van der Waals surface area contributed by atoms with Gasteiger partial charge < -0.3 is 9.90 Å². The standard InChI is InChI=1S/C19H29NO2S/c1-14(11-16(3)21)9-7-5-6-8-10-19(22)15(2)12-18-13-23-17(4)20-18/h6,8,12-14,19,22H,5,7,9-11H2,1-4H3. The zero-order valence-electron chi connectivity index (χ0n) is 14.7. The van der Waals surface area contributed by atoms with Crippen molar-refractivity contribution in [2.24, 2.45) is 5.92 Å². The first-order chi connectivity index (χ1) is 10.9. The van der Waals surface area contributed by atoms with Gasteiger partial charge in [0.2, 0.25) is 0 Å². The molecule has 1 heterocycles. The number of thiazole rings is 1. The Morgan fingerprint density at radius 2 is 2.13 bits per heavy atom. The number of rotatable bonds is 10. The van der Waals surface area contributed by atoms with Crippen LogP contribution in [0.3, 0.4) is 0 Å². The predicted molar refractivity (Wildman–Crippen MR) is 98.6 cm³/mol. The van der Waals surface area contributed by atoms with Crippen LogP contribution in [0.5, 0.6) is 0 Å². The van der Waals surface area contributed by atoms with Gasteiger partial charge in [-0.1, -0.05) is 19.1 Å². The average molecular weight is 336 g/mol. The summed E-state index contributed by atoms with van der Waals surface area (Å²) in [6, 6.07) is 0. The van der Waals surface area contributed by atoms with Crippen LogP contribution >= 0.6 is 11.3 Å². The first kappa shape index (κ1) is 19.8. The van der Waals surface area contributed by atoms with Crippen molar-refractivity contribution in [3.8, 4) is 0 Å². The number of hydrogen-bond donors (Lipinski definition) is 1. The van der Waals surface area contributed by atoms with Crippen molar-refractivity contribution in [3.63, 3.8) is 0 Å². The Hall–Kier alpha value is -1.26. The van der Waals surface area contributed by atoms with Gasteiger partial charge in [0.05, 0.1) is 16.8 Å². The summed E-state index contributed by atoms with van der Waals surface area (Å²) in [5, 5.41) is 13.2. The number of nitrogens with zero attached hydrogens (tertiary/aromatic N) is 1. The highest BCUT2D eigenvalue weighted by atomic mass is 32.1. The van der Waals surface area contributed by atoms with Gasteiger partial charge in [0.25, 0.3) is 0 Å². The van der Waals surface area contributed by atoms with Gasteiger partial charge in [-0.25, -0.2) is 4.98 Å². The minimum absolute atomic E-state index is 0.272. The Bertz CT molecular complexity index is 545. The van der Waals surface area contributed by atoms with Crippen LogP contribution in [-0.2, 0) is 4.79 Å². The van der Waals surface area contributed by atoms with E-state index in [-0.39, 0.29) is 5.78 Å². The summed E-state index contributed by atoms with van der Waals surface area (Å²) in [7, 11) is 0. The monoisotopic (exact) mass is 335 g/mol. The molecule has 0 aromatic carbocycles. The summed E-state index contributed by atoms with van der Waals surface area (Å²) < 4.78 is 0. The third kappa shape index (κ3) is 8.82. The molecular weight excluding hydrogens is 306 g/mol. The molecule has 3 nitrogen and oxygen atoms in total. The van der Waals surface area contributed by atoms with Gasteiger partial charge in [-0.05, 0) is 64.0 Å². The highest BCUT2D eigenvalue weighted by molar-refractivity contribution is 7.09. The molecule has 0 amide bonds. The molecule has 1 N–H and O–H groups in total. The highest BCUT2D eigenvalue weighted by Gasteiger charge is 2.06. The number of aliphatic hydroxyl groups is 1. The second-order valence-electron chi connectivity index (χ2n) is 6.34. The van der Waals surface area contributed by atoms with Crippen molar-refractivity contribution >= 4 is 23.2 Å². The maximum Gasteiger partial charge on any atom is 0.130 e. The quantitative estimate of drug-likeness (QED) is 0.486. The lowest BCUT2D eigenvalue weighted by atomic mass is 9.98. The minimum Gasteiger partial charge on any atom is -0.388 e. The smallest absolute Gasteiger partial charge is 0.130 e. The van der Waals surface area contributed by atoms with E-state index in [2.05, 4.69) is 18.0 Å². The summed E-state index contributed by atoms with van der Waals surface area (Å²) in [4.78, 5) is 15.4. The van der Waals surface area contributed by atoms with Gasteiger partial charge in [0, 0.05) is 11.8 Å². The van der Waals surface area contributed by atoms with Crippen LogP contribution in [0.15, 0.2) is 23.1 Å². The molecule has 0 aliphatic heterocycles. The fraction of sp³-hybridized carbons (Fsp3) is 0.579. The Balaban J connectivity index is 2.25. The number of aryl methyl sites for hydroxylation is 1. The molecule has 0 aliphatic rings. The molecule has 4 heteroatoms. The number of ketones is 1. The van der Waals surface area contributed by atoms with Crippen LogP contribution in [0.4, 0.5) is 0 Å². The van der Waals surface area contributed by atoms with E-state index in [9.17, 15) is 9.90 Å². The number of allylic oxidation sites excluding steroid dienone is 1. The number of carbonyl (C=O) groups excluding carboxylic acids is 1. The van der Waals surface area contributed by atoms with E-state index >= 15 is 0 Å². The van der Waals surface area contributed by atoms with Crippen molar-refractivity contribution in [3.05, 3.63) is 33.8 Å². The van der Waals surface area contributed by atoms with E-state index in [1.807, 2.05) is 31.4 Å². The molecule has 128 valence electrons. The average Bonchev–Trinajstić information content (AvgIpc) is 2.86.